The number of hydrogen-bond acceptors (Lipinski definition) is 2. The maximum absolute atomic E-state index is 13.4. The summed E-state index contributed by atoms with van der Waals surface area (Å²) in [5, 5.41) is 14.3. The Hall–Kier alpha value is -0.450. The highest BCUT2D eigenvalue weighted by molar-refractivity contribution is 9.10. The van der Waals surface area contributed by atoms with Crippen molar-refractivity contribution in [1.29, 1.82) is 0 Å². The highest BCUT2D eigenvalue weighted by Gasteiger charge is 2.45. The van der Waals surface area contributed by atoms with Gasteiger partial charge in [0.1, 0.15) is 5.82 Å². The third-order valence-electron chi connectivity index (χ3n) is 4.69. The third kappa shape index (κ3) is 2.46. The lowest BCUT2D eigenvalue weighted by Crippen LogP contribution is -2.53. The lowest BCUT2D eigenvalue weighted by Gasteiger charge is -2.48. The zero-order valence-electron chi connectivity index (χ0n) is 10.8. The summed E-state index contributed by atoms with van der Waals surface area (Å²) in [6.45, 7) is 0.826. The SMILES string of the molecule is O[C@@]12CCCC[C@@H]1[C@@H](c1ccc(F)c(Br)c1)NCC2. The predicted molar refractivity (Wildman–Crippen MR) is 76.4 cm³/mol. The van der Waals surface area contributed by atoms with Crippen molar-refractivity contribution in [2.75, 3.05) is 6.54 Å². The van der Waals surface area contributed by atoms with Gasteiger partial charge in [0.15, 0.2) is 0 Å². The van der Waals surface area contributed by atoms with E-state index in [9.17, 15) is 9.50 Å². The molecule has 2 aliphatic rings. The number of nitrogens with one attached hydrogen (secondary N) is 1. The van der Waals surface area contributed by atoms with Gasteiger partial charge in [-0.05, 0) is 59.4 Å². The van der Waals surface area contributed by atoms with Crippen LogP contribution in [0.15, 0.2) is 22.7 Å². The lowest BCUT2D eigenvalue weighted by atomic mass is 9.67. The van der Waals surface area contributed by atoms with Crippen molar-refractivity contribution in [2.24, 2.45) is 5.92 Å². The van der Waals surface area contributed by atoms with Crippen LogP contribution < -0.4 is 5.32 Å². The Morgan fingerprint density at radius 2 is 2.16 bits per heavy atom. The number of piperidine rings is 1. The van der Waals surface area contributed by atoms with Gasteiger partial charge in [0, 0.05) is 12.0 Å². The zero-order chi connectivity index (χ0) is 13.5. The summed E-state index contributed by atoms with van der Waals surface area (Å²) in [5.41, 5.74) is 0.535. The van der Waals surface area contributed by atoms with Gasteiger partial charge >= 0.3 is 0 Å². The fraction of sp³-hybridized carbons (Fsp3) is 0.600. The molecular formula is C15H19BrFNO. The highest BCUT2D eigenvalue weighted by atomic mass is 79.9. The van der Waals surface area contributed by atoms with Crippen molar-refractivity contribution >= 4 is 15.9 Å². The van der Waals surface area contributed by atoms with Gasteiger partial charge in [0.05, 0.1) is 10.1 Å². The minimum Gasteiger partial charge on any atom is -0.389 e. The standard InChI is InChI=1S/C15H19BrFNO/c16-12-9-10(4-5-13(12)17)14-11-3-1-2-6-15(11,19)7-8-18-14/h4-5,9,11,14,18-19H,1-3,6-8H2/t11-,14-,15-/m1/s1. The summed E-state index contributed by atoms with van der Waals surface area (Å²) in [6.07, 6.45) is 5.07. The molecule has 0 aromatic heterocycles. The van der Waals surface area contributed by atoms with Crippen molar-refractivity contribution in [3.63, 3.8) is 0 Å². The Labute approximate surface area is 121 Å². The van der Waals surface area contributed by atoms with Crippen molar-refractivity contribution in [3.8, 4) is 0 Å². The van der Waals surface area contributed by atoms with E-state index in [1.165, 1.54) is 12.5 Å². The second-order valence-electron chi connectivity index (χ2n) is 5.81. The quantitative estimate of drug-likeness (QED) is 0.826. The Kier molecular flexibility index (Phi) is 3.67. The molecule has 1 saturated carbocycles. The maximum atomic E-state index is 13.4. The number of benzene rings is 1. The molecule has 4 heteroatoms. The van der Waals surface area contributed by atoms with Crippen molar-refractivity contribution in [3.05, 3.63) is 34.1 Å². The smallest absolute Gasteiger partial charge is 0.137 e. The van der Waals surface area contributed by atoms with E-state index in [0.29, 0.717) is 4.47 Å². The fourth-order valence-electron chi connectivity index (χ4n) is 3.68. The van der Waals surface area contributed by atoms with E-state index in [4.69, 9.17) is 0 Å². The number of rotatable bonds is 1. The first-order valence-electron chi connectivity index (χ1n) is 7.01. The molecule has 2 fully saturated rings. The fourth-order valence-corrected chi connectivity index (χ4v) is 4.08. The minimum absolute atomic E-state index is 0.135. The normalized spacial score (nSPS) is 34.9. The molecule has 0 bridgehead atoms. The molecule has 3 rings (SSSR count). The van der Waals surface area contributed by atoms with E-state index in [1.807, 2.05) is 12.1 Å². The van der Waals surface area contributed by atoms with Crippen LogP contribution in [0.4, 0.5) is 4.39 Å². The van der Waals surface area contributed by atoms with Crippen LogP contribution in [0.25, 0.3) is 0 Å². The Bertz CT molecular complexity index is 477. The molecule has 2 nitrogen and oxygen atoms in total. The molecule has 2 N–H and O–H groups in total. The Balaban J connectivity index is 1.92. The van der Waals surface area contributed by atoms with Crippen molar-refractivity contribution in [2.45, 2.75) is 43.7 Å². The van der Waals surface area contributed by atoms with Crippen LogP contribution in [-0.2, 0) is 0 Å². The van der Waals surface area contributed by atoms with Crippen LogP contribution in [0, 0.1) is 11.7 Å². The number of halogens is 2. The van der Waals surface area contributed by atoms with Gasteiger partial charge in [0.25, 0.3) is 0 Å². The zero-order valence-corrected chi connectivity index (χ0v) is 12.4. The van der Waals surface area contributed by atoms with E-state index in [0.717, 1.165) is 37.8 Å². The molecule has 1 aliphatic heterocycles. The van der Waals surface area contributed by atoms with Crippen molar-refractivity contribution in [1.82, 2.24) is 5.32 Å². The molecule has 0 amide bonds. The Morgan fingerprint density at radius 3 is 2.95 bits per heavy atom. The molecule has 0 spiro atoms. The molecule has 1 saturated heterocycles. The molecule has 1 aliphatic carbocycles. The largest absolute Gasteiger partial charge is 0.389 e. The summed E-state index contributed by atoms with van der Waals surface area (Å²) in [6, 6.07) is 5.30. The monoisotopic (exact) mass is 327 g/mol. The van der Waals surface area contributed by atoms with Crippen molar-refractivity contribution < 1.29 is 9.50 Å². The van der Waals surface area contributed by atoms with Gasteiger partial charge in [-0.25, -0.2) is 4.39 Å². The molecule has 19 heavy (non-hydrogen) atoms. The molecule has 104 valence electrons. The van der Waals surface area contributed by atoms with Crippen LogP contribution in [0.3, 0.4) is 0 Å². The number of hydrogen-bond donors (Lipinski definition) is 2. The van der Waals surface area contributed by atoms with Gasteiger partial charge in [-0.15, -0.1) is 0 Å². The maximum Gasteiger partial charge on any atom is 0.137 e. The highest BCUT2D eigenvalue weighted by Crippen LogP contribution is 2.45. The minimum atomic E-state index is -0.533. The summed E-state index contributed by atoms with van der Waals surface area (Å²) in [5.74, 6) is 0.00539. The summed E-state index contributed by atoms with van der Waals surface area (Å²) >= 11 is 3.25. The number of fused-ring (bicyclic) bond motifs is 1. The van der Waals surface area contributed by atoms with Gasteiger partial charge < -0.3 is 10.4 Å². The first-order chi connectivity index (χ1) is 9.10. The van der Waals surface area contributed by atoms with Gasteiger partial charge in [0.2, 0.25) is 0 Å². The molecule has 0 radical (unpaired) electrons. The van der Waals surface area contributed by atoms with Gasteiger partial charge in [-0.3, -0.25) is 0 Å². The second kappa shape index (κ2) is 5.15. The third-order valence-corrected chi connectivity index (χ3v) is 5.30. The lowest BCUT2D eigenvalue weighted by molar-refractivity contribution is -0.0861. The average Bonchev–Trinajstić information content (AvgIpc) is 2.40. The molecule has 1 heterocycles. The predicted octanol–water partition coefficient (Wildman–Crippen LogP) is 3.54. The second-order valence-corrected chi connectivity index (χ2v) is 6.67. The summed E-state index contributed by atoms with van der Waals surface area (Å²) in [7, 11) is 0. The van der Waals surface area contributed by atoms with E-state index in [2.05, 4.69) is 21.2 Å². The van der Waals surface area contributed by atoms with Crippen LogP contribution in [0.5, 0.6) is 0 Å². The van der Waals surface area contributed by atoms with E-state index in [1.54, 1.807) is 0 Å². The van der Waals surface area contributed by atoms with Crippen LogP contribution in [-0.4, -0.2) is 17.3 Å². The first kappa shape index (κ1) is 13.5. The van der Waals surface area contributed by atoms with Crippen LogP contribution in [0.1, 0.15) is 43.7 Å². The number of aliphatic hydroxyl groups is 1. The Morgan fingerprint density at radius 1 is 1.32 bits per heavy atom. The van der Waals surface area contributed by atoms with Crippen LogP contribution >= 0.6 is 15.9 Å². The van der Waals surface area contributed by atoms with E-state index in [-0.39, 0.29) is 17.8 Å². The summed E-state index contributed by atoms with van der Waals surface area (Å²) in [4.78, 5) is 0. The van der Waals surface area contributed by atoms with E-state index < -0.39 is 5.60 Å². The topological polar surface area (TPSA) is 32.3 Å². The molecular weight excluding hydrogens is 309 g/mol. The van der Waals surface area contributed by atoms with E-state index >= 15 is 0 Å². The molecule has 3 atom stereocenters. The molecule has 0 unspecified atom stereocenters. The van der Waals surface area contributed by atoms with Gasteiger partial charge in [-0.1, -0.05) is 18.9 Å². The average molecular weight is 328 g/mol. The van der Waals surface area contributed by atoms with Gasteiger partial charge in [-0.2, -0.15) is 0 Å². The molecule has 1 aromatic rings. The summed E-state index contributed by atoms with van der Waals surface area (Å²) < 4.78 is 13.9. The van der Waals surface area contributed by atoms with Crippen LogP contribution in [0.2, 0.25) is 0 Å². The molecule has 1 aromatic carbocycles. The first-order valence-corrected chi connectivity index (χ1v) is 7.80.